The maximum absolute atomic E-state index is 13.6. The summed E-state index contributed by atoms with van der Waals surface area (Å²) in [6, 6.07) is 15.7. The van der Waals surface area contributed by atoms with E-state index in [0.29, 0.717) is 79.6 Å². The number of rotatable bonds is 5. The molecule has 2 saturated carbocycles. The number of sulfonamides is 2. The third kappa shape index (κ3) is 15.3. The minimum Gasteiger partial charge on any atom is -0.370 e. The van der Waals surface area contributed by atoms with Crippen LogP contribution in [0.25, 0.3) is 0 Å². The Balaban J connectivity index is 0.000000164. The van der Waals surface area contributed by atoms with Gasteiger partial charge in [-0.3, -0.25) is 14.5 Å². The first-order valence-electron chi connectivity index (χ1n) is 31.3. The third-order valence-corrected chi connectivity index (χ3v) is 21.5. The van der Waals surface area contributed by atoms with Gasteiger partial charge in [-0.2, -0.15) is 16.8 Å². The van der Waals surface area contributed by atoms with Gasteiger partial charge in [-0.15, -0.1) is 0 Å². The first-order valence-corrected chi connectivity index (χ1v) is 34.6. The molecule has 6 amide bonds. The van der Waals surface area contributed by atoms with Crippen LogP contribution < -0.4 is 40.1 Å². The molecular formula is C62H87ClN14O8S2. The van der Waals surface area contributed by atoms with Crippen LogP contribution >= 0.6 is 11.6 Å². The fourth-order valence-corrected chi connectivity index (χ4v) is 16.0. The molecule has 25 heteroatoms. The highest BCUT2D eigenvalue weighted by Crippen LogP contribution is 2.42. The summed E-state index contributed by atoms with van der Waals surface area (Å²) < 4.78 is 56.4. The van der Waals surface area contributed by atoms with Crippen LogP contribution in [0.3, 0.4) is 0 Å². The Morgan fingerprint density at radius 3 is 1.52 bits per heavy atom. The lowest BCUT2D eigenvalue weighted by molar-refractivity contribution is 0.0972. The molecule has 8 aliphatic rings. The number of carbonyl (C=O) groups excluding carboxylic acids is 4. The highest BCUT2D eigenvalue weighted by atomic mass is 35.5. The van der Waals surface area contributed by atoms with E-state index in [-0.39, 0.29) is 49.5 Å². The second-order valence-corrected chi connectivity index (χ2v) is 30.2. The van der Waals surface area contributed by atoms with E-state index in [0.717, 1.165) is 102 Å². The standard InChI is InChI=1S/C31H43N7O4S.C20H24ClN5O3S.C11H20N2O/c1-21-9-11-22(12-10-21)19-36-16-17-37(30(36)40)26-14-13-24-28(34-26)38-20-23(18-31(38,2)3)6-5-15-32-25-7-4-8-27(33-25)43(41,42)35-29(24)39;1-20(2)11-13-5-4-10-22-16-6-3-7-17(24-16)30(28,29)25-19(27)14-8-9-15(21)23-18(14)26(20)12-13;1-9-2-4-10(5-3-9)8-13-7-6-12-11(13)14/h4,7-8,13-14,21-23H,5-6,9-12,15-20H2,1-3H3,(H,32,33)(H,35,39);3,6-9,13H,4-5,10-12H2,1-2H3,(H,22,24)(H,25,27);9-10H,2-8H2,1H3,(H,12,14)/t21?,22?,23-;13-;/m00./s1. The summed E-state index contributed by atoms with van der Waals surface area (Å²) >= 11 is 6.14. The molecule has 12 rings (SSSR count). The Labute approximate surface area is 518 Å². The summed E-state index contributed by atoms with van der Waals surface area (Å²) in [5.74, 6) is 4.40. The molecule has 0 aromatic carbocycles. The molecule has 4 aromatic heterocycles. The van der Waals surface area contributed by atoms with Crippen molar-refractivity contribution in [1.29, 1.82) is 0 Å². The van der Waals surface area contributed by atoms with Crippen LogP contribution in [0.4, 0.5) is 38.7 Å². The number of nitrogens with one attached hydrogen (secondary N) is 5. The van der Waals surface area contributed by atoms with E-state index < -0.39 is 31.9 Å². The Morgan fingerprint density at radius 1 is 0.540 bits per heavy atom. The molecule has 22 nitrogen and oxygen atoms in total. The lowest BCUT2D eigenvalue weighted by atomic mass is 9.83. The van der Waals surface area contributed by atoms with Crippen molar-refractivity contribution in [1.82, 2.24) is 44.5 Å². The van der Waals surface area contributed by atoms with Crippen LogP contribution in [0.5, 0.6) is 0 Å². The van der Waals surface area contributed by atoms with E-state index in [9.17, 15) is 36.0 Å². The average molecular weight is 1260 g/mol. The van der Waals surface area contributed by atoms with Gasteiger partial charge < -0.3 is 35.6 Å². The van der Waals surface area contributed by atoms with Crippen LogP contribution in [-0.2, 0) is 20.0 Å². The normalized spacial score (nSPS) is 26.6. The van der Waals surface area contributed by atoms with Crippen LogP contribution in [0.1, 0.15) is 152 Å². The van der Waals surface area contributed by atoms with Crippen molar-refractivity contribution in [3.05, 3.63) is 76.9 Å². The largest absolute Gasteiger partial charge is 0.370 e. The number of pyridine rings is 4. The zero-order valence-electron chi connectivity index (χ0n) is 51.2. The van der Waals surface area contributed by atoms with Crippen LogP contribution in [-0.4, -0.2) is 147 Å². The Morgan fingerprint density at radius 2 is 1.02 bits per heavy atom. The first kappa shape index (κ1) is 63.5. The van der Waals surface area contributed by atoms with Gasteiger partial charge in [-0.05, 0) is 176 Å². The molecule has 472 valence electrons. The molecule has 4 aromatic rings. The number of amides is 6. The summed E-state index contributed by atoms with van der Waals surface area (Å²) in [6.07, 6.45) is 15.7. The van der Waals surface area contributed by atoms with Gasteiger partial charge in [0.25, 0.3) is 31.9 Å². The van der Waals surface area contributed by atoms with Crippen LogP contribution in [0.2, 0.25) is 5.15 Å². The second kappa shape index (κ2) is 26.7. The summed E-state index contributed by atoms with van der Waals surface area (Å²) in [6.45, 7) is 20.5. The monoisotopic (exact) mass is 1250 g/mol. The number of anilines is 5. The molecule has 2 aliphatic carbocycles. The maximum Gasteiger partial charge on any atom is 0.325 e. The van der Waals surface area contributed by atoms with Crippen molar-refractivity contribution in [2.75, 3.05) is 90.8 Å². The van der Waals surface area contributed by atoms with Gasteiger partial charge in [-0.25, -0.2) is 39.0 Å². The van der Waals surface area contributed by atoms with E-state index in [1.165, 1.54) is 62.8 Å². The Kier molecular flexibility index (Phi) is 19.5. The van der Waals surface area contributed by atoms with Gasteiger partial charge in [-0.1, -0.05) is 63.3 Å². The maximum atomic E-state index is 13.6. The summed E-state index contributed by atoms with van der Waals surface area (Å²) in [7, 11) is -8.40. The zero-order chi connectivity index (χ0) is 61.8. The average Bonchev–Trinajstić information content (AvgIpc) is 1.95. The number of aromatic nitrogens is 4. The van der Waals surface area contributed by atoms with E-state index in [1.807, 2.05) is 9.80 Å². The van der Waals surface area contributed by atoms with Gasteiger partial charge in [0.15, 0.2) is 10.1 Å². The van der Waals surface area contributed by atoms with Crippen molar-refractivity contribution >= 4 is 84.6 Å². The lowest BCUT2D eigenvalue weighted by Gasteiger charge is -2.34. The number of halogens is 1. The number of hydrogen-bond donors (Lipinski definition) is 5. The number of hydrogen-bond acceptors (Lipinski definition) is 16. The highest BCUT2D eigenvalue weighted by molar-refractivity contribution is 7.90. The molecule has 5 N–H and O–H groups in total. The quantitative estimate of drug-likeness (QED) is 0.117. The van der Waals surface area contributed by atoms with Crippen molar-refractivity contribution in [2.24, 2.45) is 35.5 Å². The predicted molar refractivity (Wildman–Crippen MR) is 337 cm³/mol. The van der Waals surface area contributed by atoms with Gasteiger partial charge in [0, 0.05) is 76.5 Å². The Hall–Kier alpha value is -6.53. The number of fused-ring (bicyclic) bond motifs is 12. The van der Waals surface area contributed by atoms with E-state index in [1.54, 1.807) is 41.3 Å². The van der Waals surface area contributed by atoms with Gasteiger partial charge in [0.1, 0.15) is 34.2 Å². The van der Waals surface area contributed by atoms with E-state index >= 15 is 0 Å². The third-order valence-electron chi connectivity index (χ3n) is 18.8. The second-order valence-electron chi connectivity index (χ2n) is 26.6. The predicted octanol–water partition coefficient (Wildman–Crippen LogP) is 9.37. The summed E-state index contributed by atoms with van der Waals surface area (Å²) in [5.41, 5.74) is -0.238. The molecule has 87 heavy (non-hydrogen) atoms. The fraction of sp³-hybridized carbons (Fsp3) is 0.613. The number of carbonyl (C=O) groups is 4. The van der Waals surface area contributed by atoms with E-state index in [4.69, 9.17) is 16.6 Å². The lowest BCUT2D eigenvalue weighted by Crippen LogP contribution is -2.41. The SMILES string of the molecule is CC1(C)C[C@@H]2CCCNc3cccc(n3)S(=O)(=O)NC(=O)c3ccc(Cl)nc3N1C2.CC1CCC(CN2CCN(c3ccc4c(n3)N3C[C@@H](CCCNc5cccc(n5)S(=O)(=O)NC4=O)CC3(C)C)C2=O)CC1.CC1CCC(CN2CCNC2=O)CC1. The van der Waals surface area contributed by atoms with Gasteiger partial charge in [0.2, 0.25) is 0 Å². The van der Waals surface area contributed by atoms with Crippen molar-refractivity contribution in [3.8, 4) is 0 Å². The minimum atomic E-state index is -4.24. The van der Waals surface area contributed by atoms with Crippen molar-refractivity contribution < 1.29 is 36.0 Å². The zero-order valence-corrected chi connectivity index (χ0v) is 53.6. The molecule has 6 fully saturated rings. The first-order chi connectivity index (χ1) is 41.4. The summed E-state index contributed by atoms with van der Waals surface area (Å²) in [4.78, 5) is 79.1. The van der Waals surface area contributed by atoms with Crippen LogP contribution in [0, 0.1) is 35.5 Å². The topological polar surface area (TPSA) is 264 Å². The number of urea groups is 2. The Bertz CT molecular complexity index is 3390. The molecule has 6 aliphatic heterocycles. The molecule has 4 saturated heterocycles. The minimum absolute atomic E-state index is 0.0627. The molecule has 10 heterocycles. The van der Waals surface area contributed by atoms with Gasteiger partial charge >= 0.3 is 12.1 Å². The molecule has 2 atom stereocenters. The van der Waals surface area contributed by atoms with Crippen molar-refractivity contribution in [2.45, 2.75) is 153 Å². The number of nitrogens with zero attached hydrogens (tertiary/aromatic N) is 9. The molecule has 0 radical (unpaired) electrons. The van der Waals surface area contributed by atoms with Crippen LogP contribution in [0.15, 0.2) is 70.7 Å². The van der Waals surface area contributed by atoms with Crippen molar-refractivity contribution in [3.63, 3.8) is 0 Å². The smallest absolute Gasteiger partial charge is 0.325 e. The highest BCUT2D eigenvalue weighted by Gasteiger charge is 2.43. The summed E-state index contributed by atoms with van der Waals surface area (Å²) in [5, 5.41) is 9.04. The molecule has 0 unspecified atom stereocenters. The molecule has 8 bridgehead atoms. The van der Waals surface area contributed by atoms with Gasteiger partial charge in [0.05, 0.1) is 11.1 Å². The fourth-order valence-electron chi connectivity index (χ4n) is 14.0. The van der Waals surface area contributed by atoms with E-state index in [2.05, 4.69) is 91.7 Å². The molecular weight excluding hydrogens is 1170 g/mol. The molecule has 0 spiro atoms.